The molecule has 0 heterocycles. The molecule has 0 atom stereocenters. The van der Waals surface area contributed by atoms with Gasteiger partial charge in [-0.25, -0.2) is 8.42 Å². The second-order valence-electron chi connectivity index (χ2n) is 6.79. The highest BCUT2D eigenvalue weighted by atomic mass is 35.5. The van der Waals surface area contributed by atoms with Gasteiger partial charge in [-0.3, -0.25) is 4.79 Å². The summed E-state index contributed by atoms with van der Waals surface area (Å²) in [6, 6.07) is 23.4. The van der Waals surface area contributed by atoms with Crippen molar-refractivity contribution < 1.29 is 17.9 Å². The summed E-state index contributed by atoms with van der Waals surface area (Å²) in [5.74, 6) is -0.0544. The van der Waals surface area contributed by atoms with Gasteiger partial charge in [-0.2, -0.15) is 0 Å². The van der Waals surface area contributed by atoms with Crippen LogP contribution in [-0.4, -0.2) is 25.8 Å². The van der Waals surface area contributed by atoms with Gasteiger partial charge >= 0.3 is 0 Å². The predicted molar refractivity (Wildman–Crippen MR) is 120 cm³/mol. The normalized spacial score (nSPS) is 11.1. The van der Waals surface area contributed by atoms with Crippen LogP contribution in [0.4, 0.5) is 5.69 Å². The minimum Gasteiger partial charge on any atom is -0.456 e. The largest absolute Gasteiger partial charge is 0.456 e. The molecule has 0 radical (unpaired) electrons. The van der Waals surface area contributed by atoms with E-state index in [1.807, 2.05) is 42.5 Å². The van der Waals surface area contributed by atoms with Gasteiger partial charge in [-0.05, 0) is 54.8 Å². The highest BCUT2D eigenvalue weighted by molar-refractivity contribution is 7.92. The number of hydrogen-bond donors (Lipinski definition) is 1. The summed E-state index contributed by atoms with van der Waals surface area (Å²) in [7, 11) is -3.48. The molecule has 3 aromatic rings. The highest BCUT2D eigenvalue weighted by Gasteiger charge is 2.16. The van der Waals surface area contributed by atoms with Crippen LogP contribution in [0.25, 0.3) is 0 Å². The molecule has 156 valence electrons. The molecule has 0 unspecified atom stereocenters. The maximum atomic E-state index is 12.2. The van der Waals surface area contributed by atoms with Crippen molar-refractivity contribution in [1.29, 1.82) is 0 Å². The van der Waals surface area contributed by atoms with E-state index in [0.29, 0.717) is 35.1 Å². The molecular formula is C23H22ClNO4S. The Hall–Kier alpha value is -2.83. The number of ether oxygens (including phenoxy) is 1. The van der Waals surface area contributed by atoms with Crippen LogP contribution in [0, 0.1) is 0 Å². The van der Waals surface area contributed by atoms with Gasteiger partial charge in [-0.1, -0.05) is 54.1 Å². The molecule has 7 heteroatoms. The molecule has 1 amide bonds. The van der Waals surface area contributed by atoms with E-state index in [1.165, 1.54) is 0 Å². The zero-order valence-electron chi connectivity index (χ0n) is 16.3. The Morgan fingerprint density at radius 3 is 2.27 bits per heavy atom. The fourth-order valence-electron chi connectivity index (χ4n) is 2.87. The van der Waals surface area contributed by atoms with Crippen molar-refractivity contribution in [2.75, 3.05) is 16.8 Å². The van der Waals surface area contributed by atoms with Gasteiger partial charge in [0.05, 0.1) is 10.8 Å². The van der Waals surface area contributed by atoms with Crippen LogP contribution in [0.2, 0.25) is 5.02 Å². The third-order valence-electron chi connectivity index (χ3n) is 4.32. The Labute approximate surface area is 181 Å². The molecule has 0 bridgehead atoms. The van der Waals surface area contributed by atoms with Crippen molar-refractivity contribution in [1.82, 2.24) is 0 Å². The van der Waals surface area contributed by atoms with Crippen LogP contribution < -0.4 is 10.1 Å². The average molecular weight is 444 g/mol. The molecule has 0 spiro atoms. The lowest BCUT2D eigenvalue weighted by atomic mass is 10.1. The lowest BCUT2D eigenvalue weighted by Gasteiger charge is -2.09. The second kappa shape index (κ2) is 10.3. The van der Waals surface area contributed by atoms with Crippen molar-refractivity contribution in [2.24, 2.45) is 0 Å². The number of hydrogen-bond acceptors (Lipinski definition) is 4. The van der Waals surface area contributed by atoms with Crippen LogP contribution >= 0.6 is 11.6 Å². The standard InChI is InChI=1S/C23H22ClNO4S/c24-21-10-4-5-11-22(21)29-20-14-12-19(13-15-20)25-23(26)17-30(27,28)16-6-9-18-7-2-1-3-8-18/h1-5,7-8,10-15H,6,9,16-17H2,(H,25,26). The molecule has 1 N–H and O–H groups in total. The van der Waals surface area contributed by atoms with Gasteiger partial charge in [0.1, 0.15) is 17.3 Å². The Kier molecular flexibility index (Phi) is 7.49. The van der Waals surface area contributed by atoms with Crippen LogP contribution in [0.15, 0.2) is 78.9 Å². The van der Waals surface area contributed by atoms with Crippen LogP contribution in [0.5, 0.6) is 11.5 Å². The maximum absolute atomic E-state index is 12.2. The number of anilines is 1. The lowest BCUT2D eigenvalue weighted by Crippen LogP contribution is -2.24. The highest BCUT2D eigenvalue weighted by Crippen LogP contribution is 2.29. The molecule has 0 aromatic heterocycles. The molecule has 3 aromatic carbocycles. The van der Waals surface area contributed by atoms with Gasteiger partial charge in [-0.15, -0.1) is 0 Å². The van der Waals surface area contributed by atoms with Gasteiger partial charge in [0, 0.05) is 5.69 Å². The van der Waals surface area contributed by atoms with E-state index in [9.17, 15) is 13.2 Å². The first-order valence-electron chi connectivity index (χ1n) is 9.48. The Morgan fingerprint density at radius 1 is 0.900 bits per heavy atom. The van der Waals surface area contributed by atoms with E-state index < -0.39 is 21.5 Å². The Balaban J connectivity index is 1.48. The smallest absolute Gasteiger partial charge is 0.239 e. The zero-order valence-corrected chi connectivity index (χ0v) is 17.8. The van der Waals surface area contributed by atoms with Gasteiger partial charge < -0.3 is 10.1 Å². The monoisotopic (exact) mass is 443 g/mol. The number of nitrogens with one attached hydrogen (secondary N) is 1. The van der Waals surface area contributed by atoms with Gasteiger partial charge in [0.2, 0.25) is 5.91 Å². The SMILES string of the molecule is O=C(CS(=O)(=O)CCCc1ccccc1)Nc1ccc(Oc2ccccc2Cl)cc1. The van der Waals surface area contributed by atoms with Crippen LogP contribution in [0.1, 0.15) is 12.0 Å². The van der Waals surface area contributed by atoms with Crippen molar-refractivity contribution >= 4 is 33.0 Å². The molecule has 30 heavy (non-hydrogen) atoms. The van der Waals surface area contributed by atoms with Crippen LogP contribution in [-0.2, 0) is 21.1 Å². The van der Waals surface area contributed by atoms with Crippen LogP contribution in [0.3, 0.4) is 0 Å². The molecule has 0 saturated carbocycles. The van der Waals surface area contributed by atoms with E-state index >= 15 is 0 Å². The van der Waals surface area contributed by atoms with Gasteiger partial charge in [0.15, 0.2) is 9.84 Å². The predicted octanol–water partition coefficient (Wildman–Crippen LogP) is 5.12. The van der Waals surface area contributed by atoms with E-state index in [0.717, 1.165) is 5.56 Å². The summed E-state index contributed by atoms with van der Waals surface area (Å²) in [5, 5.41) is 3.10. The van der Waals surface area contributed by atoms with Crippen molar-refractivity contribution in [3.8, 4) is 11.5 Å². The number of sulfone groups is 1. The Morgan fingerprint density at radius 2 is 1.57 bits per heavy atom. The first kappa shape index (κ1) is 21.9. The number of benzene rings is 3. The first-order chi connectivity index (χ1) is 14.4. The summed E-state index contributed by atoms with van der Waals surface area (Å²) < 4.78 is 30.1. The third-order valence-corrected chi connectivity index (χ3v) is 6.24. The number of halogens is 1. The fourth-order valence-corrected chi connectivity index (χ4v) is 4.25. The van der Waals surface area contributed by atoms with Crippen molar-refractivity contribution in [2.45, 2.75) is 12.8 Å². The minimum atomic E-state index is -3.48. The second-order valence-corrected chi connectivity index (χ2v) is 9.38. The summed E-state index contributed by atoms with van der Waals surface area (Å²) >= 11 is 6.07. The molecule has 0 aliphatic heterocycles. The molecule has 3 rings (SSSR count). The summed E-state index contributed by atoms with van der Waals surface area (Å²) in [4.78, 5) is 12.1. The molecule has 5 nitrogen and oxygen atoms in total. The number of para-hydroxylation sites is 1. The van der Waals surface area contributed by atoms with Crippen molar-refractivity contribution in [3.63, 3.8) is 0 Å². The minimum absolute atomic E-state index is 0.0279. The fraction of sp³-hybridized carbons (Fsp3) is 0.174. The molecule has 0 fully saturated rings. The van der Waals surface area contributed by atoms with E-state index in [1.54, 1.807) is 36.4 Å². The number of carbonyl (C=O) groups excluding carboxylic acids is 1. The topological polar surface area (TPSA) is 72.5 Å². The number of carbonyl (C=O) groups is 1. The van der Waals surface area contributed by atoms with E-state index in [-0.39, 0.29) is 5.75 Å². The summed E-state index contributed by atoms with van der Waals surface area (Å²) in [5.41, 5.74) is 1.57. The number of rotatable bonds is 9. The van der Waals surface area contributed by atoms with E-state index in [2.05, 4.69) is 5.32 Å². The molecular weight excluding hydrogens is 422 g/mol. The third kappa shape index (κ3) is 6.90. The van der Waals surface area contributed by atoms with Crippen molar-refractivity contribution in [3.05, 3.63) is 89.4 Å². The summed E-state index contributed by atoms with van der Waals surface area (Å²) in [6.07, 6.45) is 1.14. The lowest BCUT2D eigenvalue weighted by molar-refractivity contribution is -0.113. The molecule has 0 aliphatic rings. The summed E-state index contributed by atoms with van der Waals surface area (Å²) in [6.45, 7) is 0. The molecule has 0 aliphatic carbocycles. The number of amides is 1. The first-order valence-corrected chi connectivity index (χ1v) is 11.7. The van der Waals surface area contributed by atoms with Gasteiger partial charge in [0.25, 0.3) is 0 Å². The quantitative estimate of drug-likeness (QED) is 0.498. The number of aryl methyl sites for hydroxylation is 1. The average Bonchev–Trinajstić information content (AvgIpc) is 2.71. The zero-order chi connectivity index (χ0) is 21.4. The van der Waals surface area contributed by atoms with E-state index in [4.69, 9.17) is 16.3 Å². The maximum Gasteiger partial charge on any atom is 0.239 e. The molecule has 0 saturated heterocycles. The Bertz CT molecular complexity index is 1080.